The molecule has 27 heavy (non-hydrogen) atoms. The molecule has 0 aliphatic rings. The Balaban J connectivity index is 2.06. The molecule has 6 heteroatoms. The van der Waals surface area contributed by atoms with Gasteiger partial charge >= 0.3 is 0 Å². The van der Waals surface area contributed by atoms with Crippen molar-refractivity contribution in [2.24, 2.45) is 5.41 Å². The van der Waals surface area contributed by atoms with Crippen molar-refractivity contribution < 1.29 is 18.4 Å². The summed E-state index contributed by atoms with van der Waals surface area (Å²) in [5.74, 6) is -0.518. The highest BCUT2D eigenvalue weighted by Gasteiger charge is 2.23. The highest BCUT2D eigenvalue weighted by Crippen LogP contribution is 2.34. The van der Waals surface area contributed by atoms with E-state index in [-0.39, 0.29) is 28.7 Å². The molecule has 0 aliphatic carbocycles. The number of carbonyl (C=O) groups excluding carboxylic acids is 2. The van der Waals surface area contributed by atoms with Gasteiger partial charge < -0.3 is 9.73 Å². The van der Waals surface area contributed by atoms with Crippen LogP contribution in [0.2, 0.25) is 0 Å². The minimum Gasteiger partial charge on any atom is -0.452 e. The lowest BCUT2D eigenvalue weighted by molar-refractivity contribution is -0.123. The van der Waals surface area contributed by atoms with Crippen LogP contribution in [-0.2, 0) is 4.79 Å². The van der Waals surface area contributed by atoms with Gasteiger partial charge in [0, 0.05) is 28.4 Å². The Kier molecular flexibility index (Phi) is 4.90. The summed E-state index contributed by atoms with van der Waals surface area (Å²) in [7, 11) is 0. The van der Waals surface area contributed by atoms with E-state index in [2.05, 4.69) is 10.3 Å². The summed E-state index contributed by atoms with van der Waals surface area (Å²) in [4.78, 5) is 27.2. The lowest BCUT2D eigenvalue weighted by Crippen LogP contribution is -2.27. The Bertz CT molecular complexity index is 1000. The second-order valence-corrected chi connectivity index (χ2v) is 7.09. The molecule has 138 valence electrons. The molecule has 2 aromatic heterocycles. The van der Waals surface area contributed by atoms with Crippen LogP contribution in [0.5, 0.6) is 0 Å². The minimum absolute atomic E-state index is 0.00227. The molecule has 0 saturated heterocycles. The maximum absolute atomic E-state index is 15.2. The van der Waals surface area contributed by atoms with Gasteiger partial charge in [0.2, 0.25) is 5.91 Å². The number of hydrogen-bond acceptors (Lipinski definition) is 4. The molecule has 1 aromatic carbocycles. The summed E-state index contributed by atoms with van der Waals surface area (Å²) in [5.41, 5.74) is 0.709. The summed E-state index contributed by atoms with van der Waals surface area (Å²) in [5, 5.41) is 2.85. The number of nitrogens with one attached hydrogen (secondary N) is 1. The van der Waals surface area contributed by atoms with Crippen molar-refractivity contribution in [1.82, 2.24) is 4.98 Å². The SMILES string of the molecule is CC(C)(C)C(=O)Nc1ccccc1-c1ccnc(-c2ccc(C=O)o2)c1F. The van der Waals surface area contributed by atoms with Gasteiger partial charge in [-0.1, -0.05) is 39.0 Å². The molecule has 3 aromatic rings. The fourth-order valence-corrected chi connectivity index (χ4v) is 2.50. The van der Waals surface area contributed by atoms with Crippen LogP contribution in [-0.4, -0.2) is 17.2 Å². The second kappa shape index (κ2) is 7.15. The van der Waals surface area contributed by atoms with Gasteiger partial charge in [0.1, 0.15) is 5.69 Å². The van der Waals surface area contributed by atoms with Crippen molar-refractivity contribution in [3.8, 4) is 22.6 Å². The standard InChI is InChI=1S/C21H19FN2O3/c1-21(2,3)20(26)24-16-7-5-4-6-14(16)15-10-11-23-19(18(15)22)17-9-8-13(12-25)27-17/h4-12H,1-3H3,(H,24,26). The van der Waals surface area contributed by atoms with Crippen LogP contribution in [0.15, 0.2) is 53.1 Å². The summed E-state index contributed by atoms with van der Waals surface area (Å²) in [6.07, 6.45) is 2.00. The smallest absolute Gasteiger partial charge is 0.229 e. The van der Waals surface area contributed by atoms with Crippen LogP contribution in [0.25, 0.3) is 22.6 Å². The number of rotatable bonds is 4. The van der Waals surface area contributed by atoms with E-state index in [0.717, 1.165) is 0 Å². The lowest BCUT2D eigenvalue weighted by Gasteiger charge is -2.19. The van der Waals surface area contributed by atoms with Crippen molar-refractivity contribution in [3.63, 3.8) is 0 Å². The number of aldehydes is 1. The normalized spacial score (nSPS) is 11.3. The molecule has 0 radical (unpaired) electrons. The maximum Gasteiger partial charge on any atom is 0.229 e. The third kappa shape index (κ3) is 3.79. The summed E-state index contributed by atoms with van der Waals surface area (Å²) in [6.45, 7) is 5.41. The number of furan rings is 1. The molecule has 0 saturated carbocycles. The second-order valence-electron chi connectivity index (χ2n) is 7.09. The zero-order valence-electron chi connectivity index (χ0n) is 15.2. The number of halogens is 1. The Morgan fingerprint density at radius 3 is 2.52 bits per heavy atom. The molecule has 3 rings (SSSR count). The predicted molar refractivity (Wildman–Crippen MR) is 101 cm³/mol. The monoisotopic (exact) mass is 366 g/mol. The Morgan fingerprint density at radius 1 is 1.11 bits per heavy atom. The Labute approximate surface area is 156 Å². The molecule has 0 atom stereocenters. The quantitative estimate of drug-likeness (QED) is 0.664. The summed E-state index contributed by atoms with van der Waals surface area (Å²) >= 11 is 0. The molecule has 0 bridgehead atoms. The van der Waals surface area contributed by atoms with Gasteiger partial charge in [-0.15, -0.1) is 0 Å². The van der Waals surface area contributed by atoms with E-state index in [1.165, 1.54) is 24.4 Å². The predicted octanol–water partition coefficient (Wildman–Crippen LogP) is 4.94. The van der Waals surface area contributed by atoms with Gasteiger partial charge in [0.15, 0.2) is 23.6 Å². The number of amides is 1. The first-order valence-electron chi connectivity index (χ1n) is 8.42. The van der Waals surface area contributed by atoms with E-state index >= 15 is 4.39 Å². The zero-order chi connectivity index (χ0) is 19.6. The Morgan fingerprint density at radius 2 is 1.85 bits per heavy atom. The third-order valence-electron chi connectivity index (χ3n) is 4.01. The first kappa shape index (κ1) is 18.5. The molecule has 1 amide bonds. The maximum atomic E-state index is 15.2. The first-order chi connectivity index (χ1) is 12.8. The molecule has 5 nitrogen and oxygen atoms in total. The molecule has 0 unspecified atom stereocenters. The lowest BCUT2D eigenvalue weighted by atomic mass is 9.95. The number of carbonyl (C=O) groups is 2. The molecule has 0 aliphatic heterocycles. The number of anilines is 1. The van der Waals surface area contributed by atoms with Crippen molar-refractivity contribution in [2.45, 2.75) is 20.8 Å². The largest absolute Gasteiger partial charge is 0.452 e. The highest BCUT2D eigenvalue weighted by molar-refractivity contribution is 5.98. The van der Waals surface area contributed by atoms with Gasteiger partial charge in [-0.05, 0) is 24.3 Å². The van der Waals surface area contributed by atoms with Crippen molar-refractivity contribution in [2.75, 3.05) is 5.32 Å². The average molecular weight is 366 g/mol. The summed E-state index contributed by atoms with van der Waals surface area (Å²) < 4.78 is 20.5. The first-order valence-corrected chi connectivity index (χ1v) is 8.42. The molecule has 0 spiro atoms. The van der Waals surface area contributed by atoms with Crippen LogP contribution in [0.1, 0.15) is 31.3 Å². The number of pyridine rings is 1. The number of nitrogens with zero attached hydrogens (tertiary/aromatic N) is 1. The zero-order valence-corrected chi connectivity index (χ0v) is 15.2. The third-order valence-corrected chi connectivity index (χ3v) is 4.01. The molecular weight excluding hydrogens is 347 g/mol. The number of aromatic nitrogens is 1. The fraction of sp³-hybridized carbons (Fsp3) is 0.190. The van der Waals surface area contributed by atoms with Crippen LogP contribution >= 0.6 is 0 Å². The number of para-hydroxylation sites is 1. The van der Waals surface area contributed by atoms with E-state index < -0.39 is 11.2 Å². The van der Waals surface area contributed by atoms with Gasteiger partial charge in [0.05, 0.1) is 0 Å². The van der Waals surface area contributed by atoms with Gasteiger partial charge in [0.25, 0.3) is 0 Å². The van der Waals surface area contributed by atoms with Crippen molar-refractivity contribution in [1.29, 1.82) is 0 Å². The molecule has 1 N–H and O–H groups in total. The molecule has 2 heterocycles. The van der Waals surface area contributed by atoms with Gasteiger partial charge in [-0.3, -0.25) is 9.59 Å². The van der Waals surface area contributed by atoms with Crippen LogP contribution < -0.4 is 5.32 Å². The van der Waals surface area contributed by atoms with Gasteiger partial charge in [-0.25, -0.2) is 9.37 Å². The van der Waals surface area contributed by atoms with Gasteiger partial charge in [-0.2, -0.15) is 0 Å². The van der Waals surface area contributed by atoms with E-state index in [0.29, 0.717) is 17.5 Å². The number of hydrogen-bond donors (Lipinski definition) is 1. The van der Waals surface area contributed by atoms with Crippen molar-refractivity contribution in [3.05, 3.63) is 60.2 Å². The van der Waals surface area contributed by atoms with Crippen molar-refractivity contribution >= 4 is 17.9 Å². The number of benzene rings is 1. The fourth-order valence-electron chi connectivity index (χ4n) is 2.50. The van der Waals surface area contributed by atoms with E-state index in [4.69, 9.17) is 4.42 Å². The molecule has 0 fully saturated rings. The molecular formula is C21H19FN2O3. The highest BCUT2D eigenvalue weighted by atomic mass is 19.1. The van der Waals surface area contributed by atoms with Crippen LogP contribution in [0, 0.1) is 11.2 Å². The summed E-state index contributed by atoms with van der Waals surface area (Å²) in [6, 6.07) is 11.4. The van der Waals surface area contributed by atoms with E-state index in [9.17, 15) is 9.59 Å². The van der Waals surface area contributed by atoms with Crippen LogP contribution in [0.4, 0.5) is 10.1 Å². The van der Waals surface area contributed by atoms with E-state index in [1.807, 2.05) is 0 Å². The topological polar surface area (TPSA) is 72.2 Å². The Hall–Kier alpha value is -3.28. The van der Waals surface area contributed by atoms with E-state index in [1.54, 1.807) is 45.0 Å². The average Bonchev–Trinajstić information content (AvgIpc) is 3.11. The minimum atomic E-state index is -0.596. The van der Waals surface area contributed by atoms with Crippen LogP contribution in [0.3, 0.4) is 0 Å².